The predicted octanol–water partition coefficient (Wildman–Crippen LogP) is 6.86. The third-order valence-corrected chi connectivity index (χ3v) is 10.6. The molecular weight excluding hydrogens is 356 g/mol. The molecule has 0 N–H and O–H groups in total. The quantitative estimate of drug-likeness (QED) is 0.473. The molecule has 4 saturated carbocycles. The van der Waals surface area contributed by atoms with Crippen molar-refractivity contribution in [1.29, 1.82) is 0 Å². The second-order valence-corrected chi connectivity index (χ2v) is 12.4. The summed E-state index contributed by atoms with van der Waals surface area (Å²) in [6.45, 7) is 12.2. The van der Waals surface area contributed by atoms with Crippen molar-refractivity contribution < 1.29 is 9.59 Å². The standard InChI is InChI=1S/C27H44O2/c1-17(2)7-6-8-18(3)21-11-12-22-20-10-9-19-15-24(28)25(29)16-27(19,5)23(20)13-14-26(21,22)4/h17-23H,6-16H2,1-5H3. The van der Waals surface area contributed by atoms with E-state index in [-0.39, 0.29) is 17.0 Å². The van der Waals surface area contributed by atoms with E-state index in [0.717, 1.165) is 29.6 Å². The molecule has 0 saturated heterocycles. The molecular formula is C27H44O2. The highest BCUT2D eigenvalue weighted by atomic mass is 16.2. The summed E-state index contributed by atoms with van der Waals surface area (Å²) in [5.41, 5.74) is 0.603. The number of carbonyl (C=O) groups is 2. The van der Waals surface area contributed by atoms with Crippen molar-refractivity contribution in [2.75, 3.05) is 0 Å². The maximum Gasteiger partial charge on any atom is 0.198 e. The van der Waals surface area contributed by atoms with Crippen molar-refractivity contribution in [3.05, 3.63) is 0 Å². The fraction of sp³-hybridized carbons (Fsp3) is 0.926. The van der Waals surface area contributed by atoms with Gasteiger partial charge >= 0.3 is 0 Å². The molecule has 0 aromatic heterocycles. The van der Waals surface area contributed by atoms with E-state index in [9.17, 15) is 9.59 Å². The van der Waals surface area contributed by atoms with Crippen LogP contribution in [0, 0.1) is 52.3 Å². The van der Waals surface area contributed by atoms with Gasteiger partial charge in [-0.2, -0.15) is 0 Å². The Balaban J connectivity index is 1.49. The third kappa shape index (κ3) is 3.55. The molecule has 2 heteroatoms. The zero-order chi connectivity index (χ0) is 21.0. The molecule has 4 aliphatic rings. The van der Waals surface area contributed by atoms with Crippen LogP contribution in [0.25, 0.3) is 0 Å². The Morgan fingerprint density at radius 3 is 2.31 bits per heavy atom. The first-order valence-electron chi connectivity index (χ1n) is 12.7. The lowest BCUT2D eigenvalue weighted by atomic mass is 9.44. The van der Waals surface area contributed by atoms with Gasteiger partial charge in [-0.05, 0) is 90.8 Å². The Hall–Kier alpha value is -0.660. The van der Waals surface area contributed by atoms with Gasteiger partial charge in [0.15, 0.2) is 11.6 Å². The van der Waals surface area contributed by atoms with Gasteiger partial charge in [0, 0.05) is 12.8 Å². The first kappa shape index (κ1) is 21.6. The van der Waals surface area contributed by atoms with E-state index in [2.05, 4.69) is 34.6 Å². The summed E-state index contributed by atoms with van der Waals surface area (Å²) in [6, 6.07) is 0. The van der Waals surface area contributed by atoms with Crippen molar-refractivity contribution in [1.82, 2.24) is 0 Å². The lowest BCUT2D eigenvalue weighted by molar-refractivity contribution is -0.154. The second kappa shape index (κ2) is 7.79. The zero-order valence-electron chi connectivity index (χ0n) is 19.6. The summed E-state index contributed by atoms with van der Waals surface area (Å²) >= 11 is 0. The van der Waals surface area contributed by atoms with Crippen molar-refractivity contribution >= 4 is 11.6 Å². The van der Waals surface area contributed by atoms with E-state index in [0.29, 0.717) is 30.1 Å². The van der Waals surface area contributed by atoms with Gasteiger partial charge in [-0.25, -0.2) is 0 Å². The van der Waals surface area contributed by atoms with Gasteiger partial charge in [-0.3, -0.25) is 9.59 Å². The lowest BCUT2D eigenvalue weighted by Crippen LogP contribution is -2.55. The van der Waals surface area contributed by atoms with Gasteiger partial charge in [0.1, 0.15) is 0 Å². The van der Waals surface area contributed by atoms with Crippen LogP contribution in [-0.2, 0) is 9.59 Å². The molecule has 4 fully saturated rings. The highest BCUT2D eigenvalue weighted by Crippen LogP contribution is 2.68. The van der Waals surface area contributed by atoms with E-state index < -0.39 is 0 Å². The van der Waals surface area contributed by atoms with Crippen LogP contribution in [0.15, 0.2) is 0 Å². The Morgan fingerprint density at radius 1 is 0.862 bits per heavy atom. The summed E-state index contributed by atoms with van der Waals surface area (Å²) in [7, 11) is 0. The molecule has 0 heterocycles. The van der Waals surface area contributed by atoms with E-state index in [4.69, 9.17) is 0 Å². The molecule has 2 nitrogen and oxygen atoms in total. The SMILES string of the molecule is CC(C)CCCC(C)C1CCC2C3CCC4CC(=O)C(=O)CC4(C)C3CCC12C. The maximum atomic E-state index is 12.4. The fourth-order valence-electron chi connectivity index (χ4n) is 8.95. The summed E-state index contributed by atoms with van der Waals surface area (Å²) in [6.07, 6.45) is 13.2. The largest absolute Gasteiger partial charge is 0.291 e. The monoisotopic (exact) mass is 400 g/mol. The molecule has 0 aromatic carbocycles. The first-order chi connectivity index (χ1) is 13.7. The molecule has 0 spiro atoms. The summed E-state index contributed by atoms with van der Waals surface area (Å²) in [5.74, 6) is 5.20. The van der Waals surface area contributed by atoms with E-state index in [1.54, 1.807) is 0 Å². The predicted molar refractivity (Wildman–Crippen MR) is 118 cm³/mol. The van der Waals surface area contributed by atoms with Crippen LogP contribution in [0.2, 0.25) is 0 Å². The molecule has 29 heavy (non-hydrogen) atoms. The average molecular weight is 401 g/mol. The number of rotatable bonds is 5. The molecule has 4 rings (SSSR count). The summed E-state index contributed by atoms with van der Waals surface area (Å²) in [5, 5.41) is 0. The number of hydrogen-bond donors (Lipinski definition) is 0. The number of ketones is 2. The highest BCUT2D eigenvalue weighted by Gasteiger charge is 2.61. The van der Waals surface area contributed by atoms with Crippen LogP contribution in [-0.4, -0.2) is 11.6 Å². The Bertz CT molecular complexity index is 651. The lowest BCUT2D eigenvalue weighted by Gasteiger charge is -2.60. The normalized spacial score (nSPS) is 45.7. The number of Topliss-reactive ketones (excluding diaryl/α,β-unsaturated/α-hetero) is 2. The average Bonchev–Trinajstić information content (AvgIpc) is 3.00. The minimum Gasteiger partial charge on any atom is -0.291 e. The minimum atomic E-state index is -0.0808. The topological polar surface area (TPSA) is 34.1 Å². The van der Waals surface area contributed by atoms with Gasteiger partial charge in [0.05, 0.1) is 0 Å². The summed E-state index contributed by atoms with van der Waals surface area (Å²) < 4.78 is 0. The molecule has 8 atom stereocenters. The van der Waals surface area contributed by atoms with E-state index >= 15 is 0 Å². The number of fused-ring (bicyclic) bond motifs is 5. The van der Waals surface area contributed by atoms with Crippen molar-refractivity contribution in [2.24, 2.45) is 52.3 Å². The van der Waals surface area contributed by atoms with Gasteiger partial charge < -0.3 is 0 Å². The van der Waals surface area contributed by atoms with E-state index in [1.165, 1.54) is 57.8 Å². The van der Waals surface area contributed by atoms with Crippen LogP contribution >= 0.6 is 0 Å². The van der Waals surface area contributed by atoms with Crippen LogP contribution in [0.3, 0.4) is 0 Å². The highest BCUT2D eigenvalue weighted by molar-refractivity contribution is 6.38. The Kier molecular flexibility index (Phi) is 5.79. The van der Waals surface area contributed by atoms with Gasteiger partial charge in [0.2, 0.25) is 0 Å². The van der Waals surface area contributed by atoms with Gasteiger partial charge in [-0.1, -0.05) is 53.9 Å². The zero-order valence-corrected chi connectivity index (χ0v) is 19.6. The van der Waals surface area contributed by atoms with Crippen molar-refractivity contribution in [3.63, 3.8) is 0 Å². The molecule has 164 valence electrons. The van der Waals surface area contributed by atoms with Crippen LogP contribution in [0.5, 0.6) is 0 Å². The number of hydrogen-bond acceptors (Lipinski definition) is 2. The fourth-order valence-corrected chi connectivity index (χ4v) is 8.95. The maximum absolute atomic E-state index is 12.4. The molecule has 0 aromatic rings. The van der Waals surface area contributed by atoms with Crippen molar-refractivity contribution in [3.8, 4) is 0 Å². The first-order valence-corrected chi connectivity index (χ1v) is 12.7. The second-order valence-electron chi connectivity index (χ2n) is 12.4. The molecule has 0 amide bonds. The summed E-state index contributed by atoms with van der Waals surface area (Å²) in [4.78, 5) is 24.4. The molecule has 0 bridgehead atoms. The van der Waals surface area contributed by atoms with Gasteiger partial charge in [0.25, 0.3) is 0 Å². The smallest absolute Gasteiger partial charge is 0.198 e. The number of carbonyl (C=O) groups excluding carboxylic acids is 2. The molecule has 4 aliphatic carbocycles. The molecule has 8 unspecified atom stereocenters. The molecule has 0 radical (unpaired) electrons. The Labute approximate surface area is 179 Å². The molecule has 0 aliphatic heterocycles. The van der Waals surface area contributed by atoms with E-state index in [1.807, 2.05) is 0 Å². The van der Waals surface area contributed by atoms with Crippen molar-refractivity contribution in [2.45, 2.75) is 105 Å². The van der Waals surface area contributed by atoms with Crippen LogP contribution in [0.4, 0.5) is 0 Å². The van der Waals surface area contributed by atoms with Crippen LogP contribution < -0.4 is 0 Å². The Morgan fingerprint density at radius 2 is 1.59 bits per heavy atom. The van der Waals surface area contributed by atoms with Crippen LogP contribution in [0.1, 0.15) is 105 Å². The third-order valence-electron chi connectivity index (χ3n) is 10.6. The van der Waals surface area contributed by atoms with Gasteiger partial charge in [-0.15, -0.1) is 0 Å². The minimum absolute atomic E-state index is 0.0687.